The maximum absolute atomic E-state index is 15.1. The largest absolute Gasteiger partial charge is 0.489 e. The van der Waals surface area contributed by atoms with Crippen molar-refractivity contribution in [3.63, 3.8) is 0 Å². The molecule has 9 heteroatoms. The van der Waals surface area contributed by atoms with Crippen LogP contribution in [0, 0.1) is 29.9 Å². The average molecular weight is 524 g/mol. The molecule has 4 aromatic rings. The fraction of sp³-hybridized carbons (Fsp3) is 0.448. The van der Waals surface area contributed by atoms with Gasteiger partial charge in [-0.05, 0) is 62.4 Å². The van der Waals surface area contributed by atoms with E-state index in [9.17, 15) is 9.50 Å². The van der Waals surface area contributed by atoms with Gasteiger partial charge in [-0.1, -0.05) is 13.8 Å². The van der Waals surface area contributed by atoms with Gasteiger partial charge in [-0.3, -0.25) is 4.68 Å². The third-order valence-corrected chi connectivity index (χ3v) is 7.98. The van der Waals surface area contributed by atoms with Gasteiger partial charge in [0.2, 0.25) is 5.82 Å². The number of halogens is 2. The number of aryl methyl sites for hydroxylation is 1. The summed E-state index contributed by atoms with van der Waals surface area (Å²) in [5.41, 5.74) is 4.97. The van der Waals surface area contributed by atoms with Gasteiger partial charge in [-0.15, -0.1) is 0 Å². The molecule has 1 saturated carbocycles. The van der Waals surface area contributed by atoms with Gasteiger partial charge in [-0.25, -0.2) is 9.37 Å². The maximum atomic E-state index is 15.1. The zero-order valence-corrected chi connectivity index (χ0v) is 22.6. The van der Waals surface area contributed by atoms with Gasteiger partial charge in [0.25, 0.3) is 0 Å². The van der Waals surface area contributed by atoms with Gasteiger partial charge in [0.1, 0.15) is 11.8 Å². The lowest BCUT2D eigenvalue weighted by Crippen LogP contribution is -2.26. The average Bonchev–Trinajstić information content (AvgIpc) is 3.64. The number of pyridine rings is 1. The zero-order chi connectivity index (χ0) is 27.2. The van der Waals surface area contributed by atoms with Gasteiger partial charge in [0, 0.05) is 48.6 Å². The van der Waals surface area contributed by atoms with Crippen molar-refractivity contribution in [3.8, 4) is 16.9 Å². The van der Waals surface area contributed by atoms with Crippen molar-refractivity contribution < 1.29 is 18.6 Å². The molecule has 1 unspecified atom stereocenters. The third-order valence-electron chi connectivity index (χ3n) is 7.98. The standard InChI is InChI=1S/C29H35F2N5O2/c1-17-21(26(34-35(17)5)28(37)29(2,3)19-7-8-19)12-13-38-27-22(9-10-23(30)25(27)31)18-6-11-24-33-15-20(14-32-4)36(24)16-18/h6,9-11,15-16,19,28,32,37H,7-8,12-14H2,1-5H3. The molecule has 0 amide bonds. The van der Waals surface area contributed by atoms with Crippen LogP contribution in [-0.4, -0.2) is 37.9 Å². The minimum absolute atomic E-state index is 0.0990. The number of hydrogen-bond donors (Lipinski definition) is 2. The normalized spacial score (nSPS) is 14.8. The molecule has 2 N–H and O–H groups in total. The van der Waals surface area contributed by atoms with Gasteiger partial charge >= 0.3 is 0 Å². The highest BCUT2D eigenvalue weighted by Crippen LogP contribution is 2.52. The molecule has 3 heterocycles. The minimum atomic E-state index is -1.03. The van der Waals surface area contributed by atoms with Crippen molar-refractivity contribution in [2.45, 2.75) is 52.7 Å². The summed E-state index contributed by atoms with van der Waals surface area (Å²) >= 11 is 0. The SMILES string of the molecule is CNCc1cnc2ccc(-c3ccc(F)c(F)c3OCCc3c(C(O)C(C)(C)C4CC4)nn(C)c3C)cn12. The first-order chi connectivity index (χ1) is 18.1. The Bertz CT molecular complexity index is 1470. The van der Waals surface area contributed by atoms with E-state index in [2.05, 4.69) is 29.2 Å². The highest BCUT2D eigenvalue weighted by atomic mass is 19.2. The Kier molecular flexibility index (Phi) is 7.00. The number of aliphatic hydroxyl groups excluding tert-OH is 1. The number of aliphatic hydroxyl groups is 1. The summed E-state index contributed by atoms with van der Waals surface area (Å²) in [7, 11) is 3.70. The molecule has 3 aromatic heterocycles. The van der Waals surface area contributed by atoms with Crippen molar-refractivity contribution in [3.05, 3.63) is 70.9 Å². The number of ether oxygens (including phenoxy) is 1. The highest BCUT2D eigenvalue weighted by Gasteiger charge is 2.45. The lowest BCUT2D eigenvalue weighted by molar-refractivity contribution is 0.0285. The van der Waals surface area contributed by atoms with E-state index < -0.39 is 17.7 Å². The van der Waals surface area contributed by atoms with Gasteiger partial charge < -0.3 is 19.6 Å². The lowest BCUT2D eigenvalue weighted by atomic mass is 9.79. The molecule has 7 nitrogen and oxygen atoms in total. The molecule has 1 atom stereocenters. The van der Waals surface area contributed by atoms with Crippen LogP contribution in [0.3, 0.4) is 0 Å². The first-order valence-electron chi connectivity index (χ1n) is 13.1. The fourth-order valence-corrected chi connectivity index (χ4v) is 5.27. The summed E-state index contributed by atoms with van der Waals surface area (Å²) in [4.78, 5) is 4.40. The molecular formula is C29H35F2N5O2. The van der Waals surface area contributed by atoms with Crippen LogP contribution in [0.2, 0.25) is 0 Å². The number of benzene rings is 1. The van der Waals surface area contributed by atoms with Gasteiger partial charge in [0.05, 0.1) is 24.2 Å². The second kappa shape index (κ2) is 10.1. The van der Waals surface area contributed by atoms with E-state index in [0.717, 1.165) is 41.5 Å². The predicted molar refractivity (Wildman–Crippen MR) is 142 cm³/mol. The summed E-state index contributed by atoms with van der Waals surface area (Å²) < 4.78 is 39.0. The Hall–Kier alpha value is -3.30. The molecule has 0 aliphatic heterocycles. The second-order valence-corrected chi connectivity index (χ2v) is 10.8. The van der Waals surface area contributed by atoms with Crippen LogP contribution in [-0.2, 0) is 20.0 Å². The number of rotatable bonds is 10. The molecule has 0 bridgehead atoms. The molecule has 0 saturated heterocycles. The molecule has 0 radical (unpaired) electrons. The van der Waals surface area contributed by atoms with Crippen LogP contribution in [0.1, 0.15) is 55.4 Å². The number of imidazole rings is 1. The summed E-state index contributed by atoms with van der Waals surface area (Å²) in [5, 5.41) is 19.0. The van der Waals surface area contributed by atoms with E-state index in [1.165, 1.54) is 6.07 Å². The Morgan fingerprint density at radius 1 is 1.21 bits per heavy atom. The Morgan fingerprint density at radius 3 is 2.68 bits per heavy atom. The third kappa shape index (κ3) is 4.69. The maximum Gasteiger partial charge on any atom is 0.201 e. The van der Waals surface area contributed by atoms with Gasteiger partial charge in [0.15, 0.2) is 11.6 Å². The highest BCUT2D eigenvalue weighted by molar-refractivity contribution is 5.71. The monoisotopic (exact) mass is 523 g/mol. The molecule has 1 aliphatic rings. The summed E-state index contributed by atoms with van der Waals surface area (Å²) in [6.07, 6.45) is 5.53. The molecular weight excluding hydrogens is 488 g/mol. The molecule has 0 spiro atoms. The number of nitrogens with one attached hydrogen (secondary N) is 1. The second-order valence-electron chi connectivity index (χ2n) is 10.8. The van der Waals surface area contributed by atoms with Gasteiger partial charge in [-0.2, -0.15) is 9.49 Å². The zero-order valence-electron chi connectivity index (χ0n) is 22.6. The van der Waals surface area contributed by atoms with Crippen molar-refractivity contribution in [1.29, 1.82) is 0 Å². The topological polar surface area (TPSA) is 76.6 Å². The van der Waals surface area contributed by atoms with Crippen LogP contribution in [0.15, 0.2) is 36.7 Å². The number of aromatic nitrogens is 4. The van der Waals surface area contributed by atoms with Crippen LogP contribution < -0.4 is 10.1 Å². The first kappa shape index (κ1) is 26.3. The Balaban J connectivity index is 1.43. The van der Waals surface area contributed by atoms with E-state index in [4.69, 9.17) is 4.74 Å². The van der Waals surface area contributed by atoms with E-state index in [0.29, 0.717) is 35.7 Å². The van der Waals surface area contributed by atoms with Crippen LogP contribution >= 0.6 is 0 Å². The first-order valence-corrected chi connectivity index (χ1v) is 13.1. The van der Waals surface area contributed by atoms with Crippen LogP contribution in [0.25, 0.3) is 16.8 Å². The van der Waals surface area contributed by atoms with Crippen molar-refractivity contribution >= 4 is 5.65 Å². The summed E-state index contributed by atoms with van der Waals surface area (Å²) in [6.45, 7) is 6.81. The lowest BCUT2D eigenvalue weighted by Gasteiger charge is -2.30. The molecule has 1 fully saturated rings. The number of fused-ring (bicyclic) bond motifs is 1. The molecule has 38 heavy (non-hydrogen) atoms. The summed E-state index contributed by atoms with van der Waals surface area (Å²) in [5.74, 6) is -1.67. The van der Waals surface area contributed by atoms with Crippen molar-refractivity contribution in [1.82, 2.24) is 24.5 Å². The van der Waals surface area contributed by atoms with E-state index in [-0.39, 0.29) is 17.8 Å². The Labute approximate surface area is 221 Å². The smallest absolute Gasteiger partial charge is 0.201 e. The van der Waals surface area contributed by atoms with E-state index in [1.54, 1.807) is 10.9 Å². The molecule has 5 rings (SSSR count). The predicted octanol–water partition coefficient (Wildman–Crippen LogP) is 5.13. The summed E-state index contributed by atoms with van der Waals surface area (Å²) in [6, 6.07) is 6.31. The van der Waals surface area contributed by atoms with Crippen molar-refractivity contribution in [2.24, 2.45) is 18.4 Å². The fourth-order valence-electron chi connectivity index (χ4n) is 5.27. The van der Waals surface area contributed by atoms with Crippen LogP contribution in [0.4, 0.5) is 8.78 Å². The number of nitrogens with zero attached hydrogens (tertiary/aromatic N) is 4. The van der Waals surface area contributed by atoms with Crippen molar-refractivity contribution in [2.75, 3.05) is 13.7 Å². The van der Waals surface area contributed by atoms with Crippen LogP contribution in [0.5, 0.6) is 5.75 Å². The quantitative estimate of drug-likeness (QED) is 0.301. The van der Waals surface area contributed by atoms with E-state index >= 15 is 4.39 Å². The minimum Gasteiger partial charge on any atom is -0.489 e. The number of hydrogen-bond acceptors (Lipinski definition) is 5. The van der Waals surface area contributed by atoms with E-state index in [1.807, 2.05) is 43.7 Å². The molecule has 202 valence electrons. The Morgan fingerprint density at radius 2 is 1.97 bits per heavy atom. The molecule has 1 aliphatic carbocycles. The molecule has 1 aromatic carbocycles.